The molecule has 2 heterocycles. The molecule has 148 valence electrons. The zero-order valence-corrected chi connectivity index (χ0v) is 16.9. The van der Waals surface area contributed by atoms with E-state index >= 15 is 0 Å². The molecule has 1 N–H and O–H groups in total. The lowest BCUT2D eigenvalue weighted by Crippen LogP contribution is -2.39. The smallest absolute Gasteiger partial charge is 0.224 e. The van der Waals surface area contributed by atoms with Gasteiger partial charge in [-0.3, -0.25) is 4.79 Å². The molecule has 0 radical (unpaired) electrons. The van der Waals surface area contributed by atoms with Crippen LogP contribution in [0.3, 0.4) is 0 Å². The summed E-state index contributed by atoms with van der Waals surface area (Å²) >= 11 is 5.99. The second kappa shape index (κ2) is 8.14. The van der Waals surface area contributed by atoms with Gasteiger partial charge in [-0.15, -0.1) is 0 Å². The molecular formula is C23H26ClNO3. The van der Waals surface area contributed by atoms with E-state index in [2.05, 4.69) is 18.3 Å². The molecule has 2 aromatic carbocycles. The van der Waals surface area contributed by atoms with Crippen molar-refractivity contribution in [3.63, 3.8) is 0 Å². The number of benzene rings is 2. The van der Waals surface area contributed by atoms with Crippen LogP contribution in [0.5, 0.6) is 5.75 Å². The van der Waals surface area contributed by atoms with Crippen LogP contribution in [0.25, 0.3) is 0 Å². The summed E-state index contributed by atoms with van der Waals surface area (Å²) in [4.78, 5) is 12.4. The first kappa shape index (κ1) is 19.3. The van der Waals surface area contributed by atoms with E-state index in [1.165, 1.54) is 11.1 Å². The van der Waals surface area contributed by atoms with Crippen molar-refractivity contribution in [3.05, 3.63) is 64.2 Å². The molecule has 0 aliphatic carbocycles. The Labute approximate surface area is 171 Å². The van der Waals surface area contributed by atoms with Gasteiger partial charge >= 0.3 is 0 Å². The van der Waals surface area contributed by atoms with E-state index in [1.807, 2.05) is 36.4 Å². The highest BCUT2D eigenvalue weighted by molar-refractivity contribution is 6.30. The number of carbonyl (C=O) groups excluding carboxylic acids is 1. The Kier molecular flexibility index (Phi) is 5.61. The van der Waals surface area contributed by atoms with Crippen LogP contribution < -0.4 is 10.1 Å². The molecule has 0 spiro atoms. The number of amides is 1. The summed E-state index contributed by atoms with van der Waals surface area (Å²) in [7, 11) is 0. The lowest BCUT2D eigenvalue weighted by molar-refractivity contribution is -0.121. The van der Waals surface area contributed by atoms with Crippen LogP contribution in [-0.4, -0.2) is 30.8 Å². The molecule has 4 nitrogen and oxygen atoms in total. The first-order chi connectivity index (χ1) is 13.5. The highest BCUT2D eigenvalue weighted by Crippen LogP contribution is 2.37. The Balaban J connectivity index is 1.38. The summed E-state index contributed by atoms with van der Waals surface area (Å²) in [5, 5.41) is 3.87. The van der Waals surface area contributed by atoms with Crippen molar-refractivity contribution >= 4 is 17.5 Å². The van der Waals surface area contributed by atoms with E-state index in [4.69, 9.17) is 21.1 Å². The lowest BCUT2D eigenvalue weighted by Gasteiger charge is -2.24. The van der Waals surface area contributed by atoms with Gasteiger partial charge in [-0.1, -0.05) is 35.9 Å². The summed E-state index contributed by atoms with van der Waals surface area (Å²) in [5.74, 6) is 1.000. The van der Waals surface area contributed by atoms with Crippen molar-refractivity contribution in [1.29, 1.82) is 0 Å². The highest BCUT2D eigenvalue weighted by Gasteiger charge is 2.35. The number of fused-ring (bicyclic) bond motifs is 1. The van der Waals surface area contributed by atoms with Crippen LogP contribution in [0.1, 0.15) is 36.5 Å². The molecule has 2 aliphatic heterocycles. The third kappa shape index (κ3) is 4.68. The molecular weight excluding hydrogens is 374 g/mol. The molecule has 1 amide bonds. The van der Waals surface area contributed by atoms with Gasteiger partial charge in [0.05, 0.1) is 6.42 Å². The van der Waals surface area contributed by atoms with E-state index in [0.717, 1.165) is 55.2 Å². The molecule has 0 bridgehead atoms. The molecule has 0 unspecified atom stereocenters. The van der Waals surface area contributed by atoms with Crippen LogP contribution in [-0.2, 0) is 28.8 Å². The summed E-state index contributed by atoms with van der Waals surface area (Å²) in [6.45, 7) is 3.60. The van der Waals surface area contributed by atoms with Gasteiger partial charge in [0.15, 0.2) is 0 Å². The zero-order valence-electron chi connectivity index (χ0n) is 16.2. The summed E-state index contributed by atoms with van der Waals surface area (Å²) in [5.41, 5.74) is 3.13. The number of ether oxygens (including phenoxy) is 2. The first-order valence-electron chi connectivity index (χ1n) is 9.91. The molecule has 28 heavy (non-hydrogen) atoms. The lowest BCUT2D eigenvalue weighted by atomic mass is 9.91. The molecule has 2 aromatic rings. The Morgan fingerprint density at radius 2 is 1.86 bits per heavy atom. The SMILES string of the molecule is C[C@]1(Cc2ccc(Cl)cc2)Cc2cc(CC(=O)NC3CCOCC3)ccc2O1. The van der Waals surface area contributed by atoms with Gasteiger partial charge in [0.2, 0.25) is 5.91 Å². The fraction of sp³-hybridized carbons (Fsp3) is 0.435. The number of hydrogen-bond donors (Lipinski definition) is 1. The summed E-state index contributed by atoms with van der Waals surface area (Å²) in [6, 6.07) is 14.3. The topological polar surface area (TPSA) is 47.6 Å². The van der Waals surface area contributed by atoms with Gasteiger partial charge in [0.25, 0.3) is 0 Å². The highest BCUT2D eigenvalue weighted by atomic mass is 35.5. The molecule has 1 saturated heterocycles. The number of nitrogens with one attached hydrogen (secondary N) is 1. The number of carbonyl (C=O) groups is 1. The zero-order chi connectivity index (χ0) is 19.6. The number of hydrogen-bond acceptors (Lipinski definition) is 3. The monoisotopic (exact) mass is 399 g/mol. The van der Waals surface area contributed by atoms with Crippen LogP contribution in [0.4, 0.5) is 0 Å². The van der Waals surface area contributed by atoms with Gasteiger partial charge < -0.3 is 14.8 Å². The molecule has 1 atom stereocenters. The average molecular weight is 400 g/mol. The van der Waals surface area contributed by atoms with Gasteiger partial charge in [0, 0.05) is 37.1 Å². The minimum atomic E-state index is -0.279. The van der Waals surface area contributed by atoms with Crippen molar-refractivity contribution in [3.8, 4) is 5.75 Å². The van der Waals surface area contributed by atoms with Crippen molar-refractivity contribution in [2.75, 3.05) is 13.2 Å². The van der Waals surface area contributed by atoms with E-state index in [9.17, 15) is 4.79 Å². The molecule has 0 aromatic heterocycles. The maximum Gasteiger partial charge on any atom is 0.224 e. The molecule has 2 aliphatic rings. The van der Waals surface area contributed by atoms with Crippen LogP contribution >= 0.6 is 11.6 Å². The van der Waals surface area contributed by atoms with Crippen LogP contribution in [0.2, 0.25) is 5.02 Å². The average Bonchev–Trinajstić information content (AvgIpc) is 2.99. The van der Waals surface area contributed by atoms with E-state index < -0.39 is 0 Å². The van der Waals surface area contributed by atoms with E-state index in [1.54, 1.807) is 0 Å². The molecule has 1 fully saturated rings. The minimum absolute atomic E-state index is 0.0784. The normalized spacial score (nSPS) is 21.8. The molecule has 5 heteroatoms. The Hall–Kier alpha value is -2.04. The summed E-state index contributed by atoms with van der Waals surface area (Å²) in [6.07, 6.45) is 3.84. The van der Waals surface area contributed by atoms with Gasteiger partial charge in [0.1, 0.15) is 11.4 Å². The fourth-order valence-corrected chi connectivity index (χ4v) is 4.25. The van der Waals surface area contributed by atoms with Gasteiger partial charge in [-0.05, 0) is 54.7 Å². The van der Waals surface area contributed by atoms with Gasteiger partial charge in [-0.2, -0.15) is 0 Å². The van der Waals surface area contributed by atoms with E-state index in [-0.39, 0.29) is 17.6 Å². The Morgan fingerprint density at radius 1 is 1.14 bits per heavy atom. The maximum atomic E-state index is 12.4. The first-order valence-corrected chi connectivity index (χ1v) is 10.3. The molecule has 4 rings (SSSR count). The third-order valence-electron chi connectivity index (χ3n) is 5.49. The fourth-order valence-electron chi connectivity index (χ4n) is 4.12. The van der Waals surface area contributed by atoms with Crippen LogP contribution in [0.15, 0.2) is 42.5 Å². The summed E-state index contributed by atoms with van der Waals surface area (Å²) < 4.78 is 11.6. The van der Waals surface area contributed by atoms with Crippen molar-refractivity contribution < 1.29 is 14.3 Å². The predicted octanol–water partition coefficient (Wildman–Crippen LogP) is 4.11. The second-order valence-electron chi connectivity index (χ2n) is 8.10. The molecule has 0 saturated carbocycles. The number of rotatable bonds is 5. The standard InChI is InChI=1S/C23H26ClNO3/c1-23(14-16-2-5-19(24)6-3-16)15-18-12-17(4-7-21(18)28-23)13-22(26)25-20-8-10-27-11-9-20/h2-7,12,20H,8-11,13-15H2,1H3,(H,25,26)/t23-/m0/s1. The predicted molar refractivity (Wildman–Crippen MR) is 110 cm³/mol. The Bertz CT molecular complexity index is 845. The second-order valence-corrected chi connectivity index (χ2v) is 8.54. The third-order valence-corrected chi connectivity index (χ3v) is 5.74. The van der Waals surface area contributed by atoms with Crippen molar-refractivity contribution in [2.24, 2.45) is 0 Å². The van der Waals surface area contributed by atoms with Crippen molar-refractivity contribution in [2.45, 2.75) is 50.7 Å². The van der Waals surface area contributed by atoms with E-state index in [0.29, 0.717) is 6.42 Å². The Morgan fingerprint density at radius 3 is 2.61 bits per heavy atom. The van der Waals surface area contributed by atoms with Gasteiger partial charge in [-0.25, -0.2) is 0 Å². The largest absolute Gasteiger partial charge is 0.487 e. The van der Waals surface area contributed by atoms with Crippen molar-refractivity contribution in [1.82, 2.24) is 5.32 Å². The minimum Gasteiger partial charge on any atom is -0.487 e. The van der Waals surface area contributed by atoms with Crippen LogP contribution in [0, 0.1) is 0 Å². The maximum absolute atomic E-state index is 12.4. The number of halogens is 1. The quantitative estimate of drug-likeness (QED) is 0.822.